The highest BCUT2D eigenvalue weighted by molar-refractivity contribution is 6.00. The van der Waals surface area contributed by atoms with Crippen LogP contribution in [0.5, 0.6) is 11.5 Å². The Morgan fingerprint density at radius 2 is 1.87 bits per heavy atom. The number of nitrogens with one attached hydrogen (secondary N) is 2. The number of carbonyl (C=O) groups excluding carboxylic acids is 1. The molecule has 0 aliphatic heterocycles. The van der Waals surface area contributed by atoms with Crippen LogP contribution in [0.25, 0.3) is 16.9 Å². The van der Waals surface area contributed by atoms with E-state index in [1.165, 1.54) is 0 Å². The summed E-state index contributed by atoms with van der Waals surface area (Å²) in [5.41, 5.74) is 2.54. The first-order chi connectivity index (χ1) is 14.1. The van der Waals surface area contributed by atoms with E-state index in [1.807, 2.05) is 56.4 Å². The van der Waals surface area contributed by atoms with Gasteiger partial charge in [0, 0.05) is 24.3 Å². The molecule has 0 bridgehead atoms. The highest BCUT2D eigenvalue weighted by atomic mass is 35.5. The van der Waals surface area contributed by atoms with E-state index in [9.17, 15) is 4.79 Å². The minimum Gasteiger partial charge on any atom is -0.497 e. The topological polar surface area (TPSA) is 77.4 Å². The van der Waals surface area contributed by atoms with Crippen molar-refractivity contribution in [3.63, 3.8) is 0 Å². The number of carbonyl (C=O) groups is 1. The number of rotatable bonds is 8. The van der Waals surface area contributed by atoms with Crippen LogP contribution in [0.2, 0.25) is 0 Å². The van der Waals surface area contributed by atoms with Crippen LogP contribution in [0, 0.1) is 0 Å². The standard InChI is InChI=1S/C22H26N4O3.ClH/c1-15(23-2)13-24-22(27)19-14-26(16-8-6-5-7-9-16)25-21(19)18-12-17(28-3)10-11-20(18)29-4;/h5-12,14-15,23H,13H2,1-4H3,(H,24,27);1H. The van der Waals surface area contributed by atoms with Gasteiger partial charge in [-0.15, -0.1) is 12.4 Å². The summed E-state index contributed by atoms with van der Waals surface area (Å²) < 4.78 is 12.6. The van der Waals surface area contributed by atoms with Crippen LogP contribution < -0.4 is 20.1 Å². The van der Waals surface area contributed by atoms with Gasteiger partial charge < -0.3 is 20.1 Å². The Morgan fingerprint density at radius 3 is 2.50 bits per heavy atom. The molecule has 0 spiro atoms. The Labute approximate surface area is 182 Å². The summed E-state index contributed by atoms with van der Waals surface area (Å²) in [6.07, 6.45) is 1.74. The van der Waals surface area contributed by atoms with Crippen molar-refractivity contribution in [3.05, 3.63) is 60.3 Å². The highest BCUT2D eigenvalue weighted by Crippen LogP contribution is 2.35. The number of halogens is 1. The first kappa shape index (κ1) is 23.3. The molecule has 8 heteroatoms. The molecule has 1 amide bonds. The van der Waals surface area contributed by atoms with E-state index in [2.05, 4.69) is 10.6 Å². The number of ether oxygens (including phenoxy) is 2. The van der Waals surface area contributed by atoms with Crippen molar-refractivity contribution in [1.82, 2.24) is 20.4 Å². The summed E-state index contributed by atoms with van der Waals surface area (Å²) in [7, 11) is 5.05. The predicted molar refractivity (Wildman–Crippen MR) is 120 cm³/mol. The van der Waals surface area contributed by atoms with Gasteiger partial charge in [-0.3, -0.25) is 4.79 Å². The molecule has 2 N–H and O–H groups in total. The minimum absolute atomic E-state index is 0. The van der Waals surface area contributed by atoms with Crippen molar-refractivity contribution >= 4 is 18.3 Å². The summed E-state index contributed by atoms with van der Waals surface area (Å²) in [6, 6.07) is 15.3. The number of methoxy groups -OCH3 is 2. The lowest BCUT2D eigenvalue weighted by Gasteiger charge is -2.12. The van der Waals surface area contributed by atoms with E-state index < -0.39 is 0 Å². The molecule has 1 aromatic heterocycles. The van der Waals surface area contributed by atoms with Crippen LogP contribution in [0.4, 0.5) is 0 Å². The molecule has 3 aromatic rings. The Balaban J connectivity index is 0.00000320. The quantitative estimate of drug-likeness (QED) is 0.573. The van der Waals surface area contributed by atoms with Crippen molar-refractivity contribution in [3.8, 4) is 28.4 Å². The third-order valence-electron chi connectivity index (χ3n) is 4.70. The molecule has 2 aromatic carbocycles. The smallest absolute Gasteiger partial charge is 0.255 e. The summed E-state index contributed by atoms with van der Waals surface area (Å²) >= 11 is 0. The van der Waals surface area contributed by atoms with Crippen molar-refractivity contribution in [2.75, 3.05) is 27.8 Å². The van der Waals surface area contributed by atoms with Gasteiger partial charge >= 0.3 is 0 Å². The summed E-state index contributed by atoms with van der Waals surface area (Å²) in [5, 5.41) is 10.8. The molecule has 0 saturated carbocycles. The van der Waals surface area contributed by atoms with Gasteiger partial charge in [-0.25, -0.2) is 4.68 Å². The SMILES string of the molecule is CNC(C)CNC(=O)c1cn(-c2ccccc2)nc1-c1cc(OC)ccc1OC.Cl. The molecule has 30 heavy (non-hydrogen) atoms. The molecule has 0 aliphatic rings. The van der Waals surface area contributed by atoms with Crippen LogP contribution in [0.1, 0.15) is 17.3 Å². The molecular weight excluding hydrogens is 404 g/mol. The largest absolute Gasteiger partial charge is 0.497 e. The molecule has 0 fully saturated rings. The monoisotopic (exact) mass is 430 g/mol. The first-order valence-electron chi connectivity index (χ1n) is 9.40. The van der Waals surface area contributed by atoms with Crippen molar-refractivity contribution in [1.29, 1.82) is 0 Å². The zero-order chi connectivity index (χ0) is 20.8. The van der Waals surface area contributed by atoms with E-state index >= 15 is 0 Å². The molecule has 0 radical (unpaired) electrons. The van der Waals surface area contributed by atoms with E-state index in [-0.39, 0.29) is 24.4 Å². The van der Waals surface area contributed by atoms with Gasteiger partial charge in [0.1, 0.15) is 17.2 Å². The van der Waals surface area contributed by atoms with E-state index in [0.29, 0.717) is 34.9 Å². The van der Waals surface area contributed by atoms with Crippen molar-refractivity contribution in [2.24, 2.45) is 0 Å². The van der Waals surface area contributed by atoms with Crippen LogP contribution in [0.15, 0.2) is 54.7 Å². The summed E-state index contributed by atoms with van der Waals surface area (Å²) in [5.74, 6) is 1.07. The first-order valence-corrected chi connectivity index (χ1v) is 9.40. The normalized spacial score (nSPS) is 11.3. The second kappa shape index (κ2) is 10.7. The molecular formula is C22H27ClN4O3. The average Bonchev–Trinajstić information content (AvgIpc) is 3.22. The van der Waals surface area contributed by atoms with Gasteiger partial charge in [-0.05, 0) is 44.3 Å². The maximum Gasteiger partial charge on any atom is 0.255 e. The number of likely N-dealkylation sites (N-methyl/N-ethyl adjacent to an activating group) is 1. The number of aromatic nitrogens is 2. The van der Waals surface area contributed by atoms with Crippen LogP contribution >= 0.6 is 12.4 Å². The van der Waals surface area contributed by atoms with Gasteiger partial charge in [0.25, 0.3) is 5.91 Å². The van der Waals surface area contributed by atoms with Gasteiger partial charge in [0.2, 0.25) is 0 Å². The van der Waals surface area contributed by atoms with Gasteiger partial charge in [0.15, 0.2) is 0 Å². The summed E-state index contributed by atoms with van der Waals surface area (Å²) in [6.45, 7) is 2.50. The zero-order valence-electron chi connectivity index (χ0n) is 17.5. The van der Waals surface area contributed by atoms with E-state index in [1.54, 1.807) is 31.2 Å². The summed E-state index contributed by atoms with van der Waals surface area (Å²) in [4.78, 5) is 13.0. The Kier molecular flexibility index (Phi) is 8.26. The molecule has 3 rings (SSSR count). The number of benzene rings is 2. The lowest BCUT2D eigenvalue weighted by Crippen LogP contribution is -2.37. The second-order valence-corrected chi connectivity index (χ2v) is 6.64. The Bertz CT molecular complexity index is 976. The van der Waals surface area contributed by atoms with Crippen molar-refractivity contribution < 1.29 is 14.3 Å². The molecule has 7 nitrogen and oxygen atoms in total. The number of para-hydroxylation sites is 1. The van der Waals surface area contributed by atoms with Gasteiger partial charge in [0.05, 0.1) is 25.5 Å². The third kappa shape index (κ3) is 5.11. The molecule has 1 unspecified atom stereocenters. The van der Waals surface area contributed by atoms with E-state index in [0.717, 1.165) is 5.69 Å². The number of hydrogen-bond donors (Lipinski definition) is 2. The maximum absolute atomic E-state index is 13.0. The second-order valence-electron chi connectivity index (χ2n) is 6.64. The predicted octanol–water partition coefficient (Wildman–Crippen LogP) is 3.32. The number of nitrogens with zero attached hydrogens (tertiary/aromatic N) is 2. The molecule has 0 aliphatic carbocycles. The van der Waals surface area contributed by atoms with Gasteiger partial charge in [-0.1, -0.05) is 18.2 Å². The highest BCUT2D eigenvalue weighted by Gasteiger charge is 2.22. The molecule has 160 valence electrons. The fraction of sp³-hybridized carbons (Fsp3) is 0.273. The van der Waals surface area contributed by atoms with Crippen LogP contribution in [0.3, 0.4) is 0 Å². The maximum atomic E-state index is 13.0. The average molecular weight is 431 g/mol. The number of hydrogen-bond acceptors (Lipinski definition) is 5. The van der Waals surface area contributed by atoms with Crippen LogP contribution in [-0.2, 0) is 0 Å². The fourth-order valence-electron chi connectivity index (χ4n) is 2.89. The third-order valence-corrected chi connectivity index (χ3v) is 4.70. The van der Waals surface area contributed by atoms with Crippen molar-refractivity contribution in [2.45, 2.75) is 13.0 Å². The Morgan fingerprint density at radius 1 is 1.13 bits per heavy atom. The zero-order valence-corrected chi connectivity index (χ0v) is 18.3. The Hall–Kier alpha value is -3.03. The number of amides is 1. The van der Waals surface area contributed by atoms with Crippen LogP contribution in [-0.4, -0.2) is 49.5 Å². The van der Waals surface area contributed by atoms with E-state index in [4.69, 9.17) is 14.6 Å². The lowest BCUT2D eigenvalue weighted by atomic mass is 10.1. The molecule has 1 heterocycles. The molecule has 1 atom stereocenters. The lowest BCUT2D eigenvalue weighted by molar-refractivity contribution is 0.0951. The fourth-order valence-corrected chi connectivity index (χ4v) is 2.89. The molecule has 0 saturated heterocycles. The minimum atomic E-state index is -0.200. The van der Waals surface area contributed by atoms with Gasteiger partial charge in [-0.2, -0.15) is 5.10 Å².